The second-order valence-electron chi connectivity index (χ2n) is 11.9. The largest absolute Gasteiger partial charge is 0.422 e. The highest BCUT2D eigenvalue weighted by molar-refractivity contribution is 7.89. The van der Waals surface area contributed by atoms with E-state index in [1.807, 2.05) is 13.8 Å². The predicted molar refractivity (Wildman–Crippen MR) is 167 cm³/mol. The van der Waals surface area contributed by atoms with Crippen molar-refractivity contribution in [2.75, 3.05) is 65.9 Å². The van der Waals surface area contributed by atoms with Crippen LogP contribution in [0.1, 0.15) is 43.0 Å². The lowest BCUT2D eigenvalue weighted by atomic mass is 9.92. The molecule has 1 fully saturated rings. The normalized spacial score (nSPS) is 17.6. The molecule has 242 valence electrons. The number of rotatable bonds is 7. The number of methoxy groups -OCH3 is 1. The third kappa shape index (κ3) is 5.71. The zero-order valence-electron chi connectivity index (χ0n) is 26.3. The van der Waals surface area contributed by atoms with Gasteiger partial charge in [0.2, 0.25) is 15.9 Å². The molecule has 2 N–H and O–H groups in total. The molecule has 2 amide bonds. The fraction of sp³-hybridized carbons (Fsp3) is 0.452. The average Bonchev–Trinajstić information content (AvgIpc) is 2.99. The van der Waals surface area contributed by atoms with Gasteiger partial charge in [-0.05, 0) is 56.6 Å². The number of sulfonamides is 1. The van der Waals surface area contributed by atoms with Crippen LogP contribution in [0, 0.1) is 19.7 Å². The highest BCUT2D eigenvalue weighted by atomic mass is 32.2. The van der Waals surface area contributed by atoms with Crippen LogP contribution < -0.4 is 16.3 Å². The Labute approximate surface area is 261 Å². The highest BCUT2D eigenvalue weighted by Crippen LogP contribution is 2.36. The van der Waals surface area contributed by atoms with Gasteiger partial charge in [0.25, 0.3) is 5.91 Å². The van der Waals surface area contributed by atoms with E-state index in [4.69, 9.17) is 14.9 Å². The highest BCUT2D eigenvalue weighted by Gasteiger charge is 2.33. The topological polar surface area (TPSA) is 147 Å². The van der Waals surface area contributed by atoms with Crippen LogP contribution in [0.25, 0.3) is 11.0 Å². The molecule has 2 aliphatic heterocycles. The molecule has 2 aliphatic rings. The number of fused-ring (bicyclic) bond motifs is 3. The number of carbonyl (C=O) groups excluding carboxylic acids is 2. The summed E-state index contributed by atoms with van der Waals surface area (Å²) < 4.78 is 53.2. The molecule has 1 saturated heterocycles. The number of likely N-dealkylation sites (N-methyl/N-ethyl adjacent to an activating group) is 1. The number of hydrogen-bond acceptors (Lipinski definition) is 9. The number of primary amides is 1. The smallest absolute Gasteiger partial charge is 0.341 e. The summed E-state index contributed by atoms with van der Waals surface area (Å²) in [6, 6.07) is 3.81. The molecule has 3 heterocycles. The zero-order valence-corrected chi connectivity index (χ0v) is 27.1. The summed E-state index contributed by atoms with van der Waals surface area (Å²) in [5.74, 6) is -3.08. The van der Waals surface area contributed by atoms with Crippen LogP contribution in [0.4, 0.5) is 10.1 Å². The second kappa shape index (κ2) is 12.2. The zero-order chi connectivity index (χ0) is 33.0. The third-order valence-corrected chi connectivity index (χ3v) is 10.7. The van der Waals surface area contributed by atoms with E-state index in [2.05, 4.69) is 22.9 Å². The van der Waals surface area contributed by atoms with Crippen molar-refractivity contribution in [3.05, 3.63) is 67.8 Å². The molecule has 5 rings (SSSR count). The van der Waals surface area contributed by atoms with Crippen molar-refractivity contribution in [1.29, 1.82) is 0 Å². The summed E-state index contributed by atoms with van der Waals surface area (Å²) in [4.78, 5) is 44.2. The first-order valence-electron chi connectivity index (χ1n) is 14.5. The summed E-state index contributed by atoms with van der Waals surface area (Å²) in [7, 11) is 2.00. The van der Waals surface area contributed by atoms with Crippen LogP contribution in [0.15, 0.2) is 32.3 Å². The molecule has 1 unspecified atom stereocenters. The van der Waals surface area contributed by atoms with Gasteiger partial charge in [0.1, 0.15) is 11.4 Å². The SMILES string of the molecule is COCC1CN(c2cc(C)c3c4c(c(=O)oc3c2C)CN(C(=O)c2cc(S(=O)(=O)N(C)C)c(C(N)=O)cc2F)CC4)CCN1C. The van der Waals surface area contributed by atoms with Gasteiger partial charge in [0.15, 0.2) is 0 Å². The fourth-order valence-corrected chi connectivity index (χ4v) is 7.38. The maximum Gasteiger partial charge on any atom is 0.341 e. The van der Waals surface area contributed by atoms with Crippen LogP contribution in [0.5, 0.6) is 0 Å². The van der Waals surface area contributed by atoms with Crippen LogP contribution in [0.2, 0.25) is 0 Å². The Bertz CT molecular complexity index is 1870. The number of anilines is 1. The van der Waals surface area contributed by atoms with Gasteiger partial charge in [-0.3, -0.25) is 14.5 Å². The van der Waals surface area contributed by atoms with Gasteiger partial charge in [-0.2, -0.15) is 0 Å². The molecule has 0 saturated carbocycles. The second-order valence-corrected chi connectivity index (χ2v) is 14.0. The maximum atomic E-state index is 15.2. The number of benzene rings is 2. The maximum absolute atomic E-state index is 15.2. The van der Waals surface area contributed by atoms with E-state index in [9.17, 15) is 22.8 Å². The van der Waals surface area contributed by atoms with Gasteiger partial charge >= 0.3 is 5.63 Å². The molecule has 12 nitrogen and oxygen atoms in total. The van der Waals surface area contributed by atoms with Crippen molar-refractivity contribution in [1.82, 2.24) is 14.1 Å². The number of aryl methyl sites for hydroxylation is 2. The first-order valence-corrected chi connectivity index (χ1v) is 16.0. The molecule has 2 aromatic carbocycles. The van der Waals surface area contributed by atoms with E-state index in [1.165, 1.54) is 19.0 Å². The van der Waals surface area contributed by atoms with Gasteiger partial charge in [0.05, 0.1) is 40.8 Å². The van der Waals surface area contributed by atoms with Crippen molar-refractivity contribution < 1.29 is 31.6 Å². The number of amides is 2. The third-order valence-electron chi connectivity index (χ3n) is 8.88. The van der Waals surface area contributed by atoms with Crippen molar-refractivity contribution in [2.45, 2.75) is 37.8 Å². The van der Waals surface area contributed by atoms with E-state index in [1.54, 1.807) is 7.11 Å². The van der Waals surface area contributed by atoms with Crippen LogP contribution >= 0.6 is 0 Å². The van der Waals surface area contributed by atoms with E-state index in [-0.39, 0.29) is 24.7 Å². The Balaban J connectivity index is 1.51. The summed E-state index contributed by atoms with van der Waals surface area (Å²) in [6.07, 6.45) is 0.303. The van der Waals surface area contributed by atoms with Gasteiger partial charge in [-0.25, -0.2) is 21.9 Å². The van der Waals surface area contributed by atoms with E-state index in [0.717, 1.165) is 57.8 Å². The number of carbonyl (C=O) groups is 2. The van der Waals surface area contributed by atoms with Crippen LogP contribution in [-0.2, 0) is 27.7 Å². The Morgan fingerprint density at radius 2 is 1.82 bits per heavy atom. The number of ether oxygens (including phenoxy) is 1. The minimum atomic E-state index is -4.25. The molecule has 0 spiro atoms. The Hall–Kier alpha value is -3.85. The van der Waals surface area contributed by atoms with Crippen LogP contribution in [0.3, 0.4) is 0 Å². The van der Waals surface area contributed by atoms with Gasteiger partial charge in [-0.1, -0.05) is 0 Å². The fourth-order valence-electron chi connectivity index (χ4n) is 6.28. The Morgan fingerprint density at radius 3 is 2.47 bits per heavy atom. The first-order chi connectivity index (χ1) is 21.2. The number of hydrogen-bond donors (Lipinski definition) is 1. The Kier molecular flexibility index (Phi) is 8.79. The lowest BCUT2D eigenvalue weighted by Gasteiger charge is -2.41. The van der Waals surface area contributed by atoms with Crippen molar-refractivity contribution >= 4 is 38.5 Å². The Morgan fingerprint density at radius 1 is 1.11 bits per heavy atom. The number of halogens is 1. The molecular formula is C31H38FN5O7S. The predicted octanol–water partition coefficient (Wildman–Crippen LogP) is 1.86. The van der Waals surface area contributed by atoms with Gasteiger partial charge in [-0.15, -0.1) is 0 Å². The van der Waals surface area contributed by atoms with Gasteiger partial charge < -0.3 is 24.7 Å². The molecule has 1 aromatic heterocycles. The minimum Gasteiger partial charge on any atom is -0.422 e. The molecule has 0 radical (unpaired) electrons. The number of nitrogens with zero attached hydrogens (tertiary/aromatic N) is 4. The van der Waals surface area contributed by atoms with Crippen molar-refractivity contribution in [2.24, 2.45) is 5.73 Å². The van der Waals surface area contributed by atoms with Crippen LogP contribution in [-0.4, -0.2) is 101 Å². The minimum absolute atomic E-state index is 0.147. The van der Waals surface area contributed by atoms with Crippen molar-refractivity contribution in [3.63, 3.8) is 0 Å². The van der Waals surface area contributed by atoms with Gasteiger partial charge in [0, 0.05) is 64.0 Å². The van der Waals surface area contributed by atoms with E-state index in [0.29, 0.717) is 24.7 Å². The lowest BCUT2D eigenvalue weighted by molar-refractivity contribution is 0.0727. The van der Waals surface area contributed by atoms with E-state index < -0.39 is 49.3 Å². The molecule has 45 heavy (non-hydrogen) atoms. The summed E-state index contributed by atoms with van der Waals surface area (Å²) in [6.45, 7) is 6.92. The summed E-state index contributed by atoms with van der Waals surface area (Å²) in [5, 5.41) is 0.817. The standard InChI is InChI=1S/C31H38FN5O7S/c1-17-11-25(36-10-9-35(5)19(14-36)16-43-6)18(2)28-27(17)20-7-8-37(15-23(20)31(40)44-28)30(39)21-13-26(45(41,42)34(3)4)22(29(33)38)12-24(21)32/h11-13,19H,7-10,14-16H2,1-6H3,(H2,33,38). The lowest BCUT2D eigenvalue weighted by Crippen LogP contribution is -2.53. The molecule has 3 aromatic rings. The molecule has 0 bridgehead atoms. The van der Waals surface area contributed by atoms with Crippen molar-refractivity contribution in [3.8, 4) is 0 Å². The first kappa shape index (κ1) is 32.5. The number of piperazine rings is 1. The quantitative estimate of drug-likeness (QED) is 0.381. The monoisotopic (exact) mass is 643 g/mol. The molecule has 1 atom stereocenters. The summed E-state index contributed by atoms with van der Waals surface area (Å²) in [5.41, 5.74) is 7.94. The molecule has 0 aliphatic carbocycles. The van der Waals surface area contributed by atoms with E-state index >= 15 is 4.39 Å². The average molecular weight is 644 g/mol. The molecular weight excluding hydrogens is 605 g/mol. The number of nitrogens with two attached hydrogens (primary N) is 1. The molecule has 14 heteroatoms. The summed E-state index contributed by atoms with van der Waals surface area (Å²) >= 11 is 0.